The van der Waals surface area contributed by atoms with Crippen molar-refractivity contribution in [3.05, 3.63) is 18.2 Å². The molecule has 10 nitrogen and oxygen atoms in total. The summed E-state index contributed by atoms with van der Waals surface area (Å²) in [6.45, 7) is 14.6. The molecule has 3 aromatic rings. The Morgan fingerprint density at radius 2 is 2.03 bits per heavy atom. The molecule has 32 heavy (non-hydrogen) atoms. The fourth-order valence-electron chi connectivity index (χ4n) is 4.10. The molecule has 0 aromatic carbocycles. The number of imidazole rings is 1. The highest BCUT2D eigenvalue weighted by atomic mass is 16.6. The van der Waals surface area contributed by atoms with E-state index in [1.807, 2.05) is 31.6 Å². The molecule has 1 amide bonds. The average Bonchev–Trinajstić information content (AvgIpc) is 3.43. The van der Waals surface area contributed by atoms with Crippen LogP contribution in [0.3, 0.4) is 0 Å². The molecular formula is C22H32N8O2. The van der Waals surface area contributed by atoms with Gasteiger partial charge in [-0.25, -0.2) is 19.7 Å². The van der Waals surface area contributed by atoms with Crippen molar-refractivity contribution in [2.75, 3.05) is 18.4 Å². The zero-order valence-electron chi connectivity index (χ0n) is 19.7. The van der Waals surface area contributed by atoms with Gasteiger partial charge in [0, 0.05) is 37.9 Å². The summed E-state index contributed by atoms with van der Waals surface area (Å²) < 4.78 is 9.56. The van der Waals surface area contributed by atoms with Crippen LogP contribution in [0.1, 0.15) is 46.7 Å². The molecule has 1 fully saturated rings. The van der Waals surface area contributed by atoms with E-state index in [0.717, 1.165) is 47.8 Å². The Balaban J connectivity index is 1.60. The Labute approximate surface area is 188 Å². The van der Waals surface area contributed by atoms with Crippen LogP contribution in [0.5, 0.6) is 0 Å². The van der Waals surface area contributed by atoms with Gasteiger partial charge in [0.2, 0.25) is 0 Å². The molecule has 0 radical (unpaired) electrons. The molecule has 1 aliphatic rings. The van der Waals surface area contributed by atoms with Gasteiger partial charge in [-0.1, -0.05) is 0 Å². The minimum Gasteiger partial charge on any atom is -0.444 e. The van der Waals surface area contributed by atoms with Crippen molar-refractivity contribution in [2.45, 2.75) is 72.7 Å². The van der Waals surface area contributed by atoms with E-state index < -0.39 is 5.60 Å². The second kappa shape index (κ2) is 8.40. The number of fused-ring (bicyclic) bond motifs is 1. The quantitative estimate of drug-likeness (QED) is 0.648. The molecular weight excluding hydrogens is 408 g/mol. The number of likely N-dealkylation sites (tertiary alicyclic amines) is 1. The molecule has 172 valence electrons. The van der Waals surface area contributed by atoms with Crippen molar-refractivity contribution < 1.29 is 9.53 Å². The zero-order chi connectivity index (χ0) is 23.0. The predicted octanol–water partition coefficient (Wildman–Crippen LogP) is 3.46. The van der Waals surface area contributed by atoms with Gasteiger partial charge in [-0.2, -0.15) is 5.10 Å². The second-order valence-corrected chi connectivity index (χ2v) is 9.09. The fourth-order valence-corrected chi connectivity index (χ4v) is 4.10. The van der Waals surface area contributed by atoms with Gasteiger partial charge >= 0.3 is 6.09 Å². The predicted molar refractivity (Wildman–Crippen MR) is 122 cm³/mol. The van der Waals surface area contributed by atoms with Gasteiger partial charge in [-0.05, 0) is 48.0 Å². The average molecular weight is 441 g/mol. The van der Waals surface area contributed by atoms with E-state index in [-0.39, 0.29) is 12.1 Å². The largest absolute Gasteiger partial charge is 0.444 e. The molecule has 4 rings (SSSR count). The Kier molecular flexibility index (Phi) is 5.79. The van der Waals surface area contributed by atoms with Gasteiger partial charge in [-0.3, -0.25) is 4.68 Å². The van der Waals surface area contributed by atoms with E-state index in [1.54, 1.807) is 11.2 Å². The lowest BCUT2D eigenvalue weighted by Crippen LogP contribution is -2.36. The highest BCUT2D eigenvalue weighted by Crippen LogP contribution is 2.29. The Hall–Kier alpha value is -3.17. The lowest BCUT2D eigenvalue weighted by molar-refractivity contribution is 0.0293. The van der Waals surface area contributed by atoms with Crippen LogP contribution < -0.4 is 5.32 Å². The Morgan fingerprint density at radius 1 is 1.25 bits per heavy atom. The third-order valence-corrected chi connectivity index (χ3v) is 5.67. The highest BCUT2D eigenvalue weighted by molar-refractivity contribution is 5.86. The fraction of sp³-hybridized carbons (Fsp3) is 0.591. The maximum absolute atomic E-state index is 12.4. The molecule has 10 heteroatoms. The first-order chi connectivity index (χ1) is 15.2. The van der Waals surface area contributed by atoms with Crippen LogP contribution in [-0.4, -0.2) is 65.0 Å². The number of amides is 1. The van der Waals surface area contributed by atoms with E-state index >= 15 is 0 Å². The van der Waals surface area contributed by atoms with Gasteiger partial charge in [0.1, 0.15) is 17.8 Å². The zero-order valence-corrected chi connectivity index (χ0v) is 19.7. The number of carbonyl (C=O) groups excluding carboxylic acids is 1. The van der Waals surface area contributed by atoms with Gasteiger partial charge in [0.15, 0.2) is 17.0 Å². The van der Waals surface area contributed by atoms with Crippen molar-refractivity contribution in [2.24, 2.45) is 0 Å². The van der Waals surface area contributed by atoms with Gasteiger partial charge in [0.25, 0.3) is 0 Å². The number of aromatic nitrogens is 6. The molecule has 1 N–H and O–H groups in total. The van der Waals surface area contributed by atoms with Crippen molar-refractivity contribution in [1.82, 2.24) is 34.2 Å². The van der Waals surface area contributed by atoms with Crippen LogP contribution in [-0.2, 0) is 17.8 Å². The van der Waals surface area contributed by atoms with Crippen LogP contribution >= 0.6 is 0 Å². The number of rotatable bonds is 5. The minimum atomic E-state index is -0.505. The van der Waals surface area contributed by atoms with Gasteiger partial charge in [-0.15, -0.1) is 0 Å². The number of ether oxygens (including phenoxy) is 1. The first kappa shape index (κ1) is 22.0. The van der Waals surface area contributed by atoms with Crippen molar-refractivity contribution >= 4 is 23.1 Å². The normalized spacial score (nSPS) is 16.7. The number of hydrogen-bond acceptors (Lipinski definition) is 7. The molecule has 0 spiro atoms. The molecule has 0 unspecified atom stereocenters. The van der Waals surface area contributed by atoms with Crippen molar-refractivity contribution in [3.8, 4) is 11.4 Å². The van der Waals surface area contributed by atoms with E-state index in [9.17, 15) is 4.79 Å². The molecule has 3 aromatic heterocycles. The van der Waals surface area contributed by atoms with Crippen LogP contribution in [0.2, 0.25) is 0 Å². The first-order valence-corrected chi connectivity index (χ1v) is 11.2. The SMILES string of the molecule is CCn1ncc(-c2nc3c(N[C@H]4CCN(C(=O)OC(C)(C)C)C4)ncnc3n2CC)c1C. The second-order valence-electron chi connectivity index (χ2n) is 9.09. The molecule has 0 bridgehead atoms. The molecule has 1 aliphatic heterocycles. The Bertz CT molecular complexity index is 1130. The third kappa shape index (κ3) is 4.13. The van der Waals surface area contributed by atoms with E-state index in [1.165, 1.54) is 0 Å². The maximum Gasteiger partial charge on any atom is 0.410 e. The summed E-state index contributed by atoms with van der Waals surface area (Å²) in [5, 5.41) is 7.96. The number of hydrogen-bond donors (Lipinski definition) is 1. The monoisotopic (exact) mass is 440 g/mol. The van der Waals surface area contributed by atoms with Crippen LogP contribution in [0.25, 0.3) is 22.6 Å². The van der Waals surface area contributed by atoms with E-state index in [0.29, 0.717) is 18.9 Å². The molecule has 4 heterocycles. The summed E-state index contributed by atoms with van der Waals surface area (Å²) in [4.78, 5) is 28.0. The third-order valence-electron chi connectivity index (χ3n) is 5.67. The van der Waals surface area contributed by atoms with Crippen LogP contribution in [0.4, 0.5) is 10.6 Å². The lowest BCUT2D eigenvalue weighted by atomic mass is 10.2. The molecule has 0 aliphatic carbocycles. The van der Waals surface area contributed by atoms with Crippen molar-refractivity contribution in [3.63, 3.8) is 0 Å². The first-order valence-electron chi connectivity index (χ1n) is 11.2. The summed E-state index contributed by atoms with van der Waals surface area (Å²) in [6, 6.07) is 0.0698. The number of carbonyl (C=O) groups is 1. The van der Waals surface area contributed by atoms with E-state index in [4.69, 9.17) is 9.72 Å². The Morgan fingerprint density at radius 3 is 2.69 bits per heavy atom. The molecule has 1 saturated heterocycles. The number of anilines is 1. The summed E-state index contributed by atoms with van der Waals surface area (Å²) in [7, 11) is 0. The molecule has 0 saturated carbocycles. The number of nitrogens with zero attached hydrogens (tertiary/aromatic N) is 7. The van der Waals surface area contributed by atoms with Gasteiger partial charge < -0.3 is 19.5 Å². The number of aryl methyl sites for hydroxylation is 2. The summed E-state index contributed by atoms with van der Waals surface area (Å²) in [5.74, 6) is 1.52. The number of nitrogens with one attached hydrogen (secondary N) is 1. The standard InChI is InChI=1S/C22H32N8O2/c1-7-29-19(16-11-25-30(8-2)14(16)3)27-17-18(23-13-24-20(17)29)26-15-9-10-28(12-15)21(31)32-22(4,5)6/h11,13,15H,7-10,12H2,1-6H3,(H,23,24,26)/t15-/m0/s1. The highest BCUT2D eigenvalue weighted by Gasteiger charge is 2.30. The maximum atomic E-state index is 12.4. The van der Waals surface area contributed by atoms with Crippen LogP contribution in [0.15, 0.2) is 12.5 Å². The van der Waals surface area contributed by atoms with Gasteiger partial charge in [0.05, 0.1) is 11.8 Å². The van der Waals surface area contributed by atoms with Crippen LogP contribution in [0, 0.1) is 6.92 Å². The van der Waals surface area contributed by atoms with E-state index in [2.05, 4.69) is 45.7 Å². The minimum absolute atomic E-state index is 0.0698. The summed E-state index contributed by atoms with van der Waals surface area (Å²) >= 11 is 0. The van der Waals surface area contributed by atoms with Crippen molar-refractivity contribution in [1.29, 1.82) is 0 Å². The lowest BCUT2D eigenvalue weighted by Gasteiger charge is -2.24. The smallest absolute Gasteiger partial charge is 0.410 e. The summed E-state index contributed by atoms with van der Waals surface area (Å²) in [6.07, 6.45) is 3.96. The molecule has 1 atom stereocenters. The summed E-state index contributed by atoms with van der Waals surface area (Å²) in [5.41, 5.74) is 3.07. The topological polar surface area (TPSA) is 103 Å².